The van der Waals surface area contributed by atoms with Gasteiger partial charge in [0.25, 0.3) is 11.8 Å². The van der Waals surface area contributed by atoms with Crippen LogP contribution < -0.4 is 19.5 Å². The van der Waals surface area contributed by atoms with E-state index in [0.29, 0.717) is 11.3 Å². The van der Waals surface area contributed by atoms with Crippen LogP contribution in [0.1, 0.15) is 33.2 Å². The molecule has 0 bridgehead atoms. The maximum Gasteiger partial charge on any atom is 0.425 e. The van der Waals surface area contributed by atoms with Crippen LogP contribution in [0.15, 0.2) is 84.1 Å². The van der Waals surface area contributed by atoms with E-state index in [9.17, 15) is 14.4 Å². The van der Waals surface area contributed by atoms with Crippen molar-refractivity contribution in [3.63, 3.8) is 0 Å². The molecule has 3 aromatic rings. The smallest absolute Gasteiger partial charge is 0.425 e. The lowest BCUT2D eigenvalue weighted by atomic mass is 9.84. The molecule has 11 heteroatoms. The van der Waals surface area contributed by atoms with E-state index < -0.39 is 34.9 Å². The second kappa shape index (κ2) is 11.4. The van der Waals surface area contributed by atoms with Crippen LogP contribution in [0.5, 0.6) is 17.2 Å². The fourth-order valence-corrected chi connectivity index (χ4v) is 4.71. The SMILES string of the molecule is COc1ccc(CN2C(=O)C(NC(=O)c3ccc(OC)c(OC)c3)(C(F)(F)F)C(C(=O)c3ccccc3)=C2C)cc1. The lowest BCUT2D eigenvalue weighted by Crippen LogP contribution is -2.66. The van der Waals surface area contributed by atoms with Crippen molar-refractivity contribution in [1.82, 2.24) is 10.2 Å². The number of nitrogens with one attached hydrogen (secondary N) is 1. The molecular weight excluding hydrogens is 541 g/mol. The largest absolute Gasteiger partial charge is 0.497 e. The van der Waals surface area contributed by atoms with Gasteiger partial charge >= 0.3 is 6.18 Å². The maximum atomic E-state index is 15.2. The van der Waals surface area contributed by atoms with E-state index in [4.69, 9.17) is 14.2 Å². The Labute approximate surface area is 234 Å². The lowest BCUT2D eigenvalue weighted by Gasteiger charge is -2.33. The van der Waals surface area contributed by atoms with Gasteiger partial charge in [0.05, 0.1) is 33.4 Å². The number of rotatable bonds is 9. The number of allylic oxidation sites excluding steroid dienone is 1. The van der Waals surface area contributed by atoms with Crippen LogP contribution in [0.4, 0.5) is 13.2 Å². The third-order valence-electron chi connectivity index (χ3n) is 6.84. The zero-order chi connectivity index (χ0) is 29.9. The standard InChI is InChI=1S/C30H27F3N2O6/c1-18-25(26(36)20-8-6-5-7-9-20)29(30(31,32)33,28(38)35(18)17-19-10-13-22(39-2)14-11-19)34-27(37)21-12-15-23(40-3)24(16-21)41-4/h5-16H,17H2,1-4H3,(H,34,37). The number of hydrogen-bond acceptors (Lipinski definition) is 6. The highest BCUT2D eigenvalue weighted by atomic mass is 19.4. The molecule has 0 aliphatic carbocycles. The first-order valence-corrected chi connectivity index (χ1v) is 12.4. The van der Waals surface area contributed by atoms with Crippen molar-refractivity contribution in [2.75, 3.05) is 21.3 Å². The summed E-state index contributed by atoms with van der Waals surface area (Å²) in [6.07, 6.45) is -5.40. The van der Waals surface area contributed by atoms with Gasteiger partial charge in [-0.05, 0) is 42.8 Å². The van der Waals surface area contributed by atoms with Crippen LogP contribution >= 0.6 is 0 Å². The topological polar surface area (TPSA) is 94.2 Å². The number of benzene rings is 3. The van der Waals surface area contributed by atoms with Gasteiger partial charge in [0, 0.05) is 16.8 Å². The Balaban J connectivity index is 1.86. The summed E-state index contributed by atoms with van der Waals surface area (Å²) in [5.41, 5.74) is -4.62. The molecule has 1 heterocycles. The van der Waals surface area contributed by atoms with Gasteiger partial charge in [-0.15, -0.1) is 0 Å². The van der Waals surface area contributed by atoms with Crippen LogP contribution in [0.25, 0.3) is 0 Å². The Morgan fingerprint density at radius 1 is 0.854 bits per heavy atom. The number of amides is 2. The molecule has 3 aromatic carbocycles. The maximum absolute atomic E-state index is 15.2. The molecule has 8 nitrogen and oxygen atoms in total. The molecule has 41 heavy (non-hydrogen) atoms. The predicted molar refractivity (Wildman–Crippen MR) is 143 cm³/mol. The summed E-state index contributed by atoms with van der Waals surface area (Å²) in [5, 5.41) is 1.90. The Morgan fingerprint density at radius 3 is 2.05 bits per heavy atom. The summed E-state index contributed by atoms with van der Waals surface area (Å²) < 4.78 is 61.1. The van der Waals surface area contributed by atoms with Crippen LogP contribution in [0, 0.1) is 0 Å². The summed E-state index contributed by atoms with van der Waals surface area (Å²) in [4.78, 5) is 41.8. The fraction of sp³-hybridized carbons (Fsp3) is 0.233. The van der Waals surface area contributed by atoms with Gasteiger partial charge in [0.15, 0.2) is 17.3 Å². The zero-order valence-electron chi connectivity index (χ0n) is 22.7. The van der Waals surface area contributed by atoms with Crippen LogP contribution in [-0.2, 0) is 11.3 Å². The van der Waals surface area contributed by atoms with Crippen molar-refractivity contribution in [3.8, 4) is 17.2 Å². The number of halogens is 3. The van der Waals surface area contributed by atoms with Gasteiger partial charge in [0.2, 0.25) is 5.54 Å². The quantitative estimate of drug-likeness (QED) is 0.368. The Morgan fingerprint density at radius 2 is 1.49 bits per heavy atom. The normalized spacial score (nSPS) is 17.0. The van der Waals surface area contributed by atoms with Crippen molar-refractivity contribution in [2.24, 2.45) is 0 Å². The summed E-state index contributed by atoms with van der Waals surface area (Å²) in [6, 6.07) is 17.4. The number of carbonyl (C=O) groups excluding carboxylic acids is 3. The van der Waals surface area contributed by atoms with E-state index >= 15 is 13.2 Å². The number of carbonyl (C=O) groups is 3. The van der Waals surface area contributed by atoms with Crippen molar-refractivity contribution >= 4 is 17.6 Å². The molecule has 0 aromatic heterocycles. The molecular formula is C30H27F3N2O6. The average molecular weight is 569 g/mol. The molecule has 1 aliphatic rings. The van der Waals surface area contributed by atoms with Gasteiger partial charge in [-0.3, -0.25) is 14.4 Å². The Bertz CT molecular complexity index is 1500. The second-order valence-electron chi connectivity index (χ2n) is 9.17. The molecule has 1 unspecified atom stereocenters. The van der Waals surface area contributed by atoms with Crippen molar-refractivity contribution in [1.29, 1.82) is 0 Å². The molecule has 0 saturated heterocycles. The van der Waals surface area contributed by atoms with E-state index in [1.807, 2.05) is 5.32 Å². The molecule has 1 aliphatic heterocycles. The van der Waals surface area contributed by atoms with Crippen molar-refractivity contribution in [2.45, 2.75) is 25.2 Å². The van der Waals surface area contributed by atoms with Gasteiger partial charge in [-0.2, -0.15) is 13.2 Å². The first-order chi connectivity index (χ1) is 19.5. The van der Waals surface area contributed by atoms with Crippen LogP contribution in [-0.4, -0.2) is 55.5 Å². The minimum atomic E-state index is -5.40. The van der Waals surface area contributed by atoms with Crippen LogP contribution in [0.3, 0.4) is 0 Å². The van der Waals surface area contributed by atoms with E-state index in [2.05, 4.69) is 0 Å². The zero-order valence-corrected chi connectivity index (χ0v) is 22.7. The number of nitrogens with zero attached hydrogens (tertiary/aromatic N) is 1. The van der Waals surface area contributed by atoms with Gasteiger partial charge in [-0.1, -0.05) is 42.5 Å². The second-order valence-corrected chi connectivity index (χ2v) is 9.17. The highest BCUT2D eigenvalue weighted by molar-refractivity contribution is 6.19. The summed E-state index contributed by atoms with van der Waals surface area (Å²) in [5.74, 6) is -2.94. The Kier molecular flexibility index (Phi) is 8.09. The average Bonchev–Trinajstić information content (AvgIpc) is 3.18. The summed E-state index contributed by atoms with van der Waals surface area (Å²) in [6.45, 7) is 0.970. The fourth-order valence-electron chi connectivity index (χ4n) is 4.71. The lowest BCUT2D eigenvalue weighted by molar-refractivity contribution is -0.189. The molecule has 1 N–H and O–H groups in total. The monoisotopic (exact) mass is 568 g/mol. The van der Waals surface area contributed by atoms with Crippen molar-refractivity contribution in [3.05, 3.63) is 101 Å². The minimum absolute atomic E-state index is 0.0741. The van der Waals surface area contributed by atoms with Gasteiger partial charge < -0.3 is 24.4 Å². The van der Waals surface area contributed by atoms with E-state index in [-0.39, 0.29) is 34.9 Å². The van der Waals surface area contributed by atoms with Gasteiger partial charge in [-0.25, -0.2) is 0 Å². The minimum Gasteiger partial charge on any atom is -0.497 e. The first kappa shape index (κ1) is 29.2. The summed E-state index contributed by atoms with van der Waals surface area (Å²) >= 11 is 0. The first-order valence-electron chi connectivity index (χ1n) is 12.4. The van der Waals surface area contributed by atoms with Crippen molar-refractivity contribution < 1.29 is 41.8 Å². The predicted octanol–water partition coefficient (Wildman–Crippen LogP) is 4.94. The third kappa shape index (κ3) is 5.22. The van der Waals surface area contributed by atoms with E-state index in [1.54, 1.807) is 30.3 Å². The molecule has 4 rings (SSSR count). The molecule has 0 spiro atoms. The van der Waals surface area contributed by atoms with Crippen LogP contribution in [0.2, 0.25) is 0 Å². The molecule has 0 radical (unpaired) electrons. The molecule has 0 fully saturated rings. The molecule has 214 valence electrons. The number of hydrogen-bond donors (Lipinski definition) is 1. The number of Topliss-reactive ketones (excluding diaryl/α,β-unsaturated/α-hetero) is 1. The number of methoxy groups -OCH3 is 3. The highest BCUT2D eigenvalue weighted by Gasteiger charge is 2.70. The van der Waals surface area contributed by atoms with E-state index in [0.717, 1.165) is 4.90 Å². The molecule has 1 atom stereocenters. The molecule has 0 saturated carbocycles. The highest BCUT2D eigenvalue weighted by Crippen LogP contribution is 2.46. The third-order valence-corrected chi connectivity index (χ3v) is 6.84. The number of ether oxygens (including phenoxy) is 3. The van der Waals surface area contributed by atoms with Gasteiger partial charge in [0.1, 0.15) is 5.75 Å². The number of ketones is 1. The summed E-state index contributed by atoms with van der Waals surface area (Å²) in [7, 11) is 4.13. The number of alkyl halides is 3. The van der Waals surface area contributed by atoms with E-state index in [1.165, 1.54) is 70.7 Å². The Hall–Kier alpha value is -4.80. The molecule has 2 amide bonds.